The minimum absolute atomic E-state index is 0.185. The highest BCUT2D eigenvalue weighted by Crippen LogP contribution is 2.27. The molecule has 0 aliphatic rings. The number of fused-ring (bicyclic) bond motifs is 1. The van der Waals surface area contributed by atoms with Crippen LogP contribution in [0.25, 0.3) is 11.0 Å². The van der Waals surface area contributed by atoms with Gasteiger partial charge in [-0.25, -0.2) is 4.98 Å². The monoisotopic (exact) mass is 338 g/mol. The van der Waals surface area contributed by atoms with Gasteiger partial charge in [-0.1, -0.05) is 35.3 Å². The Morgan fingerprint density at radius 2 is 1.86 bits per heavy atom. The average molecular weight is 340 g/mol. The van der Waals surface area contributed by atoms with Gasteiger partial charge in [0.05, 0.1) is 16.4 Å². The van der Waals surface area contributed by atoms with E-state index in [0.717, 1.165) is 27.4 Å². The predicted octanol–water partition coefficient (Wildman–Crippen LogP) is 5.69. The first-order valence-corrected chi connectivity index (χ1v) is 7.78. The first kappa shape index (κ1) is 14.7. The van der Waals surface area contributed by atoms with Gasteiger partial charge in [0.15, 0.2) is 0 Å². The summed E-state index contributed by atoms with van der Waals surface area (Å²) in [6.45, 7) is 2.59. The maximum atomic E-state index is 6.27. The Hall–Kier alpha value is -1.22. The van der Waals surface area contributed by atoms with E-state index in [-0.39, 0.29) is 5.38 Å². The van der Waals surface area contributed by atoms with Gasteiger partial charge in [-0.05, 0) is 42.8 Å². The van der Waals surface area contributed by atoms with Crippen molar-refractivity contribution < 1.29 is 0 Å². The van der Waals surface area contributed by atoms with Gasteiger partial charge >= 0.3 is 0 Å². The van der Waals surface area contributed by atoms with Crippen LogP contribution in [0.3, 0.4) is 0 Å². The molecule has 2 aromatic carbocycles. The van der Waals surface area contributed by atoms with E-state index in [2.05, 4.69) is 9.55 Å². The molecular formula is C16H13Cl3N2. The molecule has 2 nitrogen and oxygen atoms in total. The number of benzene rings is 2. The lowest BCUT2D eigenvalue weighted by molar-refractivity contribution is 0.742. The van der Waals surface area contributed by atoms with Crippen LogP contribution in [0.15, 0.2) is 42.5 Å². The minimum atomic E-state index is -0.185. The van der Waals surface area contributed by atoms with E-state index in [4.69, 9.17) is 34.8 Å². The van der Waals surface area contributed by atoms with Gasteiger partial charge in [-0.2, -0.15) is 0 Å². The van der Waals surface area contributed by atoms with Gasteiger partial charge in [-0.3, -0.25) is 0 Å². The third kappa shape index (κ3) is 3.03. The number of imidazole rings is 1. The summed E-state index contributed by atoms with van der Waals surface area (Å²) in [7, 11) is 0. The van der Waals surface area contributed by atoms with Crippen molar-refractivity contribution in [3.8, 4) is 0 Å². The summed E-state index contributed by atoms with van der Waals surface area (Å²) in [4.78, 5) is 4.61. The second kappa shape index (κ2) is 5.88. The summed E-state index contributed by atoms with van der Waals surface area (Å²) in [5.41, 5.74) is 2.98. The summed E-state index contributed by atoms with van der Waals surface area (Å²) in [6, 6.07) is 13.5. The van der Waals surface area contributed by atoms with E-state index < -0.39 is 0 Å². The second-order valence-electron chi connectivity index (χ2n) is 4.94. The van der Waals surface area contributed by atoms with E-state index in [0.29, 0.717) is 11.6 Å². The van der Waals surface area contributed by atoms with Crippen LogP contribution in [0, 0.1) is 0 Å². The van der Waals surface area contributed by atoms with Gasteiger partial charge in [0.2, 0.25) is 0 Å². The predicted molar refractivity (Wildman–Crippen MR) is 89.6 cm³/mol. The summed E-state index contributed by atoms with van der Waals surface area (Å²) < 4.78 is 2.11. The van der Waals surface area contributed by atoms with Gasteiger partial charge in [0, 0.05) is 16.6 Å². The summed E-state index contributed by atoms with van der Waals surface area (Å²) in [5, 5.41) is 1.21. The first-order chi connectivity index (χ1) is 10.0. The molecule has 0 spiro atoms. The molecule has 1 heterocycles. The number of hydrogen-bond acceptors (Lipinski definition) is 1. The molecule has 0 fully saturated rings. The van der Waals surface area contributed by atoms with E-state index >= 15 is 0 Å². The Morgan fingerprint density at radius 1 is 1.10 bits per heavy atom. The van der Waals surface area contributed by atoms with E-state index in [1.54, 1.807) is 0 Å². The van der Waals surface area contributed by atoms with Crippen molar-refractivity contribution >= 4 is 45.8 Å². The molecule has 0 bridgehead atoms. The Morgan fingerprint density at radius 3 is 2.57 bits per heavy atom. The molecule has 3 rings (SSSR count). The average Bonchev–Trinajstić information content (AvgIpc) is 2.77. The van der Waals surface area contributed by atoms with Crippen molar-refractivity contribution in [3.63, 3.8) is 0 Å². The molecule has 0 amide bonds. The molecule has 0 N–H and O–H groups in total. The number of aromatic nitrogens is 2. The maximum absolute atomic E-state index is 6.27. The van der Waals surface area contributed by atoms with Gasteiger partial charge in [-0.15, -0.1) is 11.6 Å². The van der Waals surface area contributed by atoms with Crippen LogP contribution in [-0.2, 0) is 6.54 Å². The third-order valence-electron chi connectivity index (χ3n) is 3.33. The van der Waals surface area contributed by atoms with Crippen LogP contribution in [0.4, 0.5) is 0 Å². The highest BCUT2D eigenvalue weighted by Gasteiger charge is 2.15. The molecule has 0 aliphatic heterocycles. The summed E-state index contributed by atoms with van der Waals surface area (Å²) in [5.74, 6) is 0.828. The molecule has 1 aromatic heterocycles. The quantitative estimate of drug-likeness (QED) is 0.560. The van der Waals surface area contributed by atoms with Crippen LogP contribution in [0.1, 0.15) is 23.7 Å². The molecule has 0 radical (unpaired) electrons. The molecule has 0 aliphatic carbocycles. The summed E-state index contributed by atoms with van der Waals surface area (Å²) in [6.07, 6.45) is 0. The minimum Gasteiger partial charge on any atom is -0.322 e. The van der Waals surface area contributed by atoms with Crippen molar-refractivity contribution in [1.82, 2.24) is 9.55 Å². The smallest absolute Gasteiger partial charge is 0.128 e. The van der Waals surface area contributed by atoms with E-state index in [9.17, 15) is 0 Å². The fourth-order valence-electron chi connectivity index (χ4n) is 2.41. The summed E-state index contributed by atoms with van der Waals surface area (Å²) >= 11 is 18.4. The first-order valence-electron chi connectivity index (χ1n) is 6.59. The van der Waals surface area contributed by atoms with Gasteiger partial charge in [0.25, 0.3) is 0 Å². The normalized spacial score (nSPS) is 12.8. The SMILES string of the molecule is CC(Cl)c1nc2cc(Cl)ccc2n1Cc1cccc(Cl)c1. The lowest BCUT2D eigenvalue weighted by Crippen LogP contribution is -2.05. The fourth-order valence-corrected chi connectivity index (χ4v) is 2.96. The van der Waals surface area contributed by atoms with Gasteiger partial charge in [0.1, 0.15) is 5.82 Å². The number of halogens is 3. The highest BCUT2D eigenvalue weighted by atomic mass is 35.5. The standard InChI is InChI=1S/C16H13Cl3N2/c1-10(17)16-20-14-8-13(19)5-6-15(14)21(16)9-11-3-2-4-12(18)7-11/h2-8,10H,9H2,1H3. The fraction of sp³-hybridized carbons (Fsp3) is 0.188. The molecule has 0 saturated heterocycles. The van der Waals surface area contributed by atoms with Crippen molar-refractivity contribution in [3.05, 3.63) is 63.9 Å². The maximum Gasteiger partial charge on any atom is 0.128 e. The zero-order valence-electron chi connectivity index (χ0n) is 11.4. The molecule has 5 heteroatoms. The zero-order chi connectivity index (χ0) is 15.0. The van der Waals surface area contributed by atoms with Crippen LogP contribution in [0.2, 0.25) is 10.0 Å². The molecule has 3 aromatic rings. The Bertz CT molecular complexity index is 793. The topological polar surface area (TPSA) is 17.8 Å². The zero-order valence-corrected chi connectivity index (χ0v) is 13.6. The third-order valence-corrected chi connectivity index (χ3v) is 3.99. The number of alkyl halides is 1. The van der Waals surface area contributed by atoms with Gasteiger partial charge < -0.3 is 4.57 Å². The van der Waals surface area contributed by atoms with Crippen molar-refractivity contribution in [2.75, 3.05) is 0 Å². The molecule has 1 unspecified atom stereocenters. The van der Waals surface area contributed by atoms with Crippen LogP contribution in [0.5, 0.6) is 0 Å². The lowest BCUT2D eigenvalue weighted by Gasteiger charge is -2.11. The van der Waals surface area contributed by atoms with Crippen LogP contribution >= 0.6 is 34.8 Å². The lowest BCUT2D eigenvalue weighted by atomic mass is 10.2. The molecule has 0 saturated carbocycles. The van der Waals surface area contributed by atoms with Crippen LogP contribution < -0.4 is 0 Å². The Labute approximate surface area is 138 Å². The number of rotatable bonds is 3. The molecule has 108 valence electrons. The van der Waals surface area contributed by atoms with Crippen LogP contribution in [-0.4, -0.2) is 9.55 Å². The number of nitrogens with zero attached hydrogens (tertiary/aromatic N) is 2. The largest absolute Gasteiger partial charge is 0.322 e. The van der Waals surface area contributed by atoms with Crippen molar-refractivity contribution in [1.29, 1.82) is 0 Å². The number of hydrogen-bond donors (Lipinski definition) is 0. The molecule has 1 atom stereocenters. The highest BCUT2D eigenvalue weighted by molar-refractivity contribution is 6.31. The Kier molecular flexibility index (Phi) is 4.12. The molecule has 21 heavy (non-hydrogen) atoms. The van der Waals surface area contributed by atoms with Crippen molar-refractivity contribution in [2.45, 2.75) is 18.8 Å². The van der Waals surface area contributed by atoms with E-state index in [1.807, 2.05) is 49.4 Å². The van der Waals surface area contributed by atoms with Crippen molar-refractivity contribution in [2.24, 2.45) is 0 Å². The van der Waals surface area contributed by atoms with E-state index in [1.165, 1.54) is 0 Å². The second-order valence-corrected chi connectivity index (χ2v) is 6.46. The Balaban J connectivity index is 2.13. The molecular weight excluding hydrogens is 327 g/mol.